The number of urea groups is 1. The van der Waals surface area contributed by atoms with Gasteiger partial charge in [-0.05, 0) is 49.9 Å². The van der Waals surface area contributed by atoms with Crippen LogP contribution < -0.4 is 5.32 Å². The van der Waals surface area contributed by atoms with Gasteiger partial charge in [0.05, 0.1) is 0 Å². The minimum absolute atomic E-state index is 0.137. The van der Waals surface area contributed by atoms with Crippen molar-refractivity contribution in [2.45, 2.75) is 32.7 Å². The second-order valence-electron chi connectivity index (χ2n) is 6.98. The number of likely N-dealkylation sites (tertiary alicyclic amines) is 1. The molecule has 138 valence electrons. The first-order valence-corrected chi connectivity index (χ1v) is 9.15. The summed E-state index contributed by atoms with van der Waals surface area (Å²) in [7, 11) is 0. The summed E-state index contributed by atoms with van der Waals surface area (Å²) in [5, 5.41) is 7.09. The van der Waals surface area contributed by atoms with E-state index < -0.39 is 0 Å². The van der Waals surface area contributed by atoms with Crippen LogP contribution in [0.2, 0.25) is 0 Å². The summed E-state index contributed by atoms with van der Waals surface area (Å²) in [6.07, 6.45) is 1.73. The number of benzene rings is 2. The van der Waals surface area contributed by atoms with Crippen molar-refractivity contribution in [2.75, 3.05) is 11.9 Å². The lowest BCUT2D eigenvalue weighted by molar-refractivity contribution is 0.193. The van der Waals surface area contributed by atoms with Gasteiger partial charge in [-0.3, -0.25) is 0 Å². The van der Waals surface area contributed by atoms with E-state index in [1.165, 1.54) is 0 Å². The van der Waals surface area contributed by atoms with Gasteiger partial charge in [-0.1, -0.05) is 41.6 Å². The summed E-state index contributed by atoms with van der Waals surface area (Å²) < 4.78 is 5.49. The SMILES string of the molecule is Cc1cc(C)cc(NC(=O)N2CCCC2c2nc(-c3ccccc3)no2)c1. The third-order valence-electron chi connectivity index (χ3n) is 4.75. The molecule has 6 heteroatoms. The Morgan fingerprint density at radius 2 is 1.89 bits per heavy atom. The summed E-state index contributed by atoms with van der Waals surface area (Å²) in [5.74, 6) is 1.04. The lowest BCUT2D eigenvalue weighted by atomic mass is 10.1. The molecular formula is C21H22N4O2. The third kappa shape index (κ3) is 3.69. The van der Waals surface area contributed by atoms with Crippen LogP contribution in [0, 0.1) is 13.8 Å². The van der Waals surface area contributed by atoms with E-state index in [9.17, 15) is 4.79 Å². The Morgan fingerprint density at radius 1 is 1.15 bits per heavy atom. The lowest BCUT2D eigenvalue weighted by Crippen LogP contribution is -2.34. The van der Waals surface area contributed by atoms with E-state index >= 15 is 0 Å². The van der Waals surface area contributed by atoms with Crippen LogP contribution in [0.4, 0.5) is 10.5 Å². The van der Waals surface area contributed by atoms with Crippen molar-refractivity contribution in [2.24, 2.45) is 0 Å². The number of nitrogens with one attached hydrogen (secondary N) is 1. The van der Waals surface area contributed by atoms with E-state index in [2.05, 4.69) is 21.5 Å². The van der Waals surface area contributed by atoms with Crippen LogP contribution >= 0.6 is 0 Å². The fraction of sp³-hybridized carbons (Fsp3) is 0.286. The maximum absolute atomic E-state index is 12.8. The molecule has 1 aliphatic heterocycles. The number of carbonyl (C=O) groups excluding carboxylic acids is 1. The van der Waals surface area contributed by atoms with Gasteiger partial charge in [0.1, 0.15) is 6.04 Å². The Hall–Kier alpha value is -3.15. The molecule has 1 aliphatic rings. The normalized spacial score (nSPS) is 16.5. The van der Waals surface area contributed by atoms with Crippen molar-refractivity contribution < 1.29 is 9.32 Å². The molecule has 27 heavy (non-hydrogen) atoms. The average molecular weight is 362 g/mol. The van der Waals surface area contributed by atoms with Gasteiger partial charge >= 0.3 is 6.03 Å². The van der Waals surface area contributed by atoms with Crippen molar-refractivity contribution >= 4 is 11.7 Å². The highest BCUT2D eigenvalue weighted by molar-refractivity contribution is 5.90. The van der Waals surface area contributed by atoms with E-state index in [0.29, 0.717) is 18.3 Å². The fourth-order valence-corrected chi connectivity index (χ4v) is 3.58. The maximum Gasteiger partial charge on any atom is 0.322 e. The number of hydrogen-bond acceptors (Lipinski definition) is 4. The zero-order valence-electron chi connectivity index (χ0n) is 15.5. The summed E-state index contributed by atoms with van der Waals surface area (Å²) >= 11 is 0. The standard InChI is InChI=1S/C21H22N4O2/c1-14-11-15(2)13-17(12-14)22-21(26)25-10-6-9-18(25)20-23-19(24-27-20)16-7-4-3-5-8-16/h3-5,7-8,11-13,18H,6,9-10H2,1-2H3,(H,22,26). The van der Waals surface area contributed by atoms with Crippen molar-refractivity contribution in [3.63, 3.8) is 0 Å². The van der Waals surface area contributed by atoms with Crippen LogP contribution in [0.25, 0.3) is 11.4 Å². The monoisotopic (exact) mass is 362 g/mol. The number of hydrogen-bond donors (Lipinski definition) is 1. The highest BCUT2D eigenvalue weighted by atomic mass is 16.5. The van der Waals surface area contributed by atoms with Gasteiger partial charge in [-0.25, -0.2) is 4.79 Å². The molecular weight excluding hydrogens is 340 g/mol. The van der Waals surface area contributed by atoms with Gasteiger partial charge < -0.3 is 14.7 Å². The first-order chi connectivity index (χ1) is 13.1. The first kappa shape index (κ1) is 17.3. The second kappa shape index (κ2) is 7.23. The molecule has 3 aromatic rings. The van der Waals surface area contributed by atoms with Crippen LogP contribution in [-0.4, -0.2) is 27.6 Å². The molecule has 1 saturated heterocycles. The molecule has 0 spiro atoms. The second-order valence-corrected chi connectivity index (χ2v) is 6.98. The van der Waals surface area contributed by atoms with Crippen molar-refractivity contribution in [1.29, 1.82) is 0 Å². The smallest absolute Gasteiger partial charge is 0.322 e. The molecule has 2 aromatic carbocycles. The number of rotatable bonds is 3. The Labute approximate surface area is 158 Å². The quantitative estimate of drug-likeness (QED) is 0.732. The van der Waals surface area contributed by atoms with E-state index in [-0.39, 0.29) is 12.1 Å². The van der Waals surface area contributed by atoms with Gasteiger partial charge in [0, 0.05) is 17.8 Å². The predicted octanol–water partition coefficient (Wildman–Crippen LogP) is 4.72. The molecule has 1 aromatic heterocycles. The van der Waals surface area contributed by atoms with Crippen LogP contribution in [0.1, 0.15) is 35.9 Å². The molecule has 2 amide bonds. The van der Waals surface area contributed by atoms with E-state index in [1.807, 2.05) is 56.3 Å². The number of aromatic nitrogens is 2. The van der Waals surface area contributed by atoms with Gasteiger partial charge in [-0.2, -0.15) is 4.98 Å². The first-order valence-electron chi connectivity index (χ1n) is 9.15. The molecule has 2 heterocycles. The number of amides is 2. The minimum atomic E-state index is -0.194. The van der Waals surface area contributed by atoms with Gasteiger partial charge in [-0.15, -0.1) is 0 Å². The van der Waals surface area contributed by atoms with Crippen LogP contribution in [0.15, 0.2) is 53.1 Å². The molecule has 1 unspecified atom stereocenters. The maximum atomic E-state index is 12.8. The van der Waals surface area contributed by atoms with Crippen molar-refractivity contribution in [3.8, 4) is 11.4 Å². The zero-order chi connectivity index (χ0) is 18.8. The third-order valence-corrected chi connectivity index (χ3v) is 4.75. The Kier molecular flexibility index (Phi) is 4.62. The molecule has 0 saturated carbocycles. The topological polar surface area (TPSA) is 71.3 Å². The van der Waals surface area contributed by atoms with Crippen molar-refractivity contribution in [1.82, 2.24) is 15.0 Å². The summed E-state index contributed by atoms with van der Waals surface area (Å²) in [6, 6.07) is 15.4. The Morgan fingerprint density at radius 3 is 2.63 bits per heavy atom. The summed E-state index contributed by atoms with van der Waals surface area (Å²) in [4.78, 5) is 19.1. The predicted molar refractivity (Wildman–Crippen MR) is 103 cm³/mol. The minimum Gasteiger partial charge on any atom is -0.337 e. The van der Waals surface area contributed by atoms with Gasteiger partial charge in [0.15, 0.2) is 0 Å². The largest absolute Gasteiger partial charge is 0.337 e. The number of aryl methyl sites for hydroxylation is 2. The fourth-order valence-electron chi connectivity index (χ4n) is 3.58. The molecule has 1 N–H and O–H groups in total. The highest BCUT2D eigenvalue weighted by Crippen LogP contribution is 2.32. The zero-order valence-corrected chi connectivity index (χ0v) is 15.5. The van der Waals surface area contributed by atoms with Crippen LogP contribution in [-0.2, 0) is 0 Å². The van der Waals surface area contributed by atoms with Crippen LogP contribution in [0.3, 0.4) is 0 Å². The number of anilines is 1. The molecule has 1 atom stereocenters. The molecule has 0 aliphatic carbocycles. The summed E-state index contributed by atoms with van der Waals surface area (Å²) in [6.45, 7) is 4.71. The Bertz CT molecular complexity index is 932. The Balaban J connectivity index is 1.52. The van der Waals surface area contributed by atoms with E-state index in [1.54, 1.807) is 4.90 Å². The summed E-state index contributed by atoms with van der Waals surface area (Å²) in [5.41, 5.74) is 3.94. The van der Waals surface area contributed by atoms with E-state index in [0.717, 1.165) is 35.2 Å². The van der Waals surface area contributed by atoms with Gasteiger partial charge in [0.2, 0.25) is 11.7 Å². The van der Waals surface area contributed by atoms with Gasteiger partial charge in [0.25, 0.3) is 0 Å². The van der Waals surface area contributed by atoms with E-state index in [4.69, 9.17) is 4.52 Å². The molecule has 4 rings (SSSR count). The lowest BCUT2D eigenvalue weighted by Gasteiger charge is -2.22. The molecule has 6 nitrogen and oxygen atoms in total. The number of carbonyl (C=O) groups is 1. The molecule has 1 fully saturated rings. The van der Waals surface area contributed by atoms with Crippen molar-refractivity contribution in [3.05, 3.63) is 65.5 Å². The van der Waals surface area contributed by atoms with Crippen LogP contribution in [0.5, 0.6) is 0 Å². The number of nitrogens with zero attached hydrogens (tertiary/aromatic N) is 3. The highest BCUT2D eigenvalue weighted by Gasteiger charge is 2.34. The molecule has 0 radical (unpaired) electrons. The average Bonchev–Trinajstić information content (AvgIpc) is 3.31. The molecule has 0 bridgehead atoms.